The topological polar surface area (TPSA) is 107 Å². The van der Waals surface area contributed by atoms with Gasteiger partial charge in [-0.2, -0.15) is 0 Å². The van der Waals surface area contributed by atoms with Crippen LogP contribution in [0.15, 0.2) is 73.4 Å². The van der Waals surface area contributed by atoms with E-state index >= 15 is 0 Å². The molecule has 27 heavy (non-hydrogen) atoms. The average molecular weight is 385 g/mol. The summed E-state index contributed by atoms with van der Waals surface area (Å²) in [7, 11) is -2.25. The van der Waals surface area contributed by atoms with Gasteiger partial charge in [0, 0.05) is 19.8 Å². The van der Waals surface area contributed by atoms with Gasteiger partial charge < -0.3 is 8.83 Å². The van der Waals surface area contributed by atoms with Crippen molar-refractivity contribution in [3.63, 3.8) is 0 Å². The molecule has 3 aromatic heterocycles. The molecular weight excluding hydrogens is 370 g/mol. The van der Waals surface area contributed by atoms with Gasteiger partial charge in [-0.25, -0.2) is 17.9 Å². The Morgan fingerprint density at radius 3 is 2.74 bits per heavy atom. The lowest BCUT2D eigenvalue weighted by atomic mass is 10.2. The molecule has 4 rings (SSSR count). The monoisotopic (exact) mass is 385 g/mol. The molecule has 138 valence electrons. The second kappa shape index (κ2) is 6.53. The fraction of sp³-hybridized carbons (Fsp3) is 0.111. The summed E-state index contributed by atoms with van der Waals surface area (Å²) in [6.07, 6.45) is 3.15. The minimum Gasteiger partial charge on any atom is -0.463 e. The minimum absolute atomic E-state index is 0.0477. The van der Waals surface area contributed by atoms with E-state index in [1.165, 1.54) is 29.8 Å². The summed E-state index contributed by atoms with van der Waals surface area (Å²) in [6, 6.07) is 11.4. The molecule has 0 saturated heterocycles. The van der Waals surface area contributed by atoms with E-state index in [1.54, 1.807) is 36.7 Å². The molecule has 3 heterocycles. The molecule has 0 bridgehead atoms. The summed E-state index contributed by atoms with van der Waals surface area (Å²) in [5.41, 5.74) is 2.11. The van der Waals surface area contributed by atoms with Gasteiger partial charge in [-0.05, 0) is 42.0 Å². The fourth-order valence-electron chi connectivity index (χ4n) is 2.63. The van der Waals surface area contributed by atoms with E-state index in [1.807, 2.05) is 0 Å². The average Bonchev–Trinajstić information content (AvgIpc) is 3.29. The third-order valence-electron chi connectivity index (χ3n) is 4.14. The molecule has 0 fully saturated rings. The van der Waals surface area contributed by atoms with E-state index in [-0.39, 0.29) is 11.4 Å². The molecule has 0 amide bonds. The lowest BCUT2D eigenvalue weighted by Gasteiger charge is -2.07. The second-order valence-electron chi connectivity index (χ2n) is 5.91. The maximum Gasteiger partial charge on any atom is 0.419 e. The quantitative estimate of drug-likeness (QED) is 0.565. The van der Waals surface area contributed by atoms with Crippen LogP contribution in [0.3, 0.4) is 0 Å². The van der Waals surface area contributed by atoms with Crippen molar-refractivity contribution in [3.8, 4) is 11.5 Å². The summed E-state index contributed by atoms with van der Waals surface area (Å²) in [6.45, 7) is 0.0795. The number of fused-ring (bicyclic) bond motifs is 1. The van der Waals surface area contributed by atoms with Crippen LogP contribution in [-0.2, 0) is 23.6 Å². The van der Waals surface area contributed by atoms with E-state index in [0.717, 1.165) is 0 Å². The van der Waals surface area contributed by atoms with Crippen molar-refractivity contribution in [2.75, 3.05) is 0 Å². The highest BCUT2D eigenvalue weighted by Crippen LogP contribution is 2.19. The smallest absolute Gasteiger partial charge is 0.419 e. The van der Waals surface area contributed by atoms with E-state index in [2.05, 4.69) is 9.71 Å². The maximum atomic E-state index is 12.6. The van der Waals surface area contributed by atoms with Crippen molar-refractivity contribution in [2.24, 2.45) is 7.05 Å². The van der Waals surface area contributed by atoms with Crippen LogP contribution in [-0.4, -0.2) is 18.0 Å². The standard InChI is InChI=1S/C18H15N3O5S/c1-21-15-9-13(5-7-17(15)26-18(21)22)27(23,24)20-11-12-4-6-14(19-10-12)16-3-2-8-25-16/h2-10,20H,11H2,1H3. The van der Waals surface area contributed by atoms with Gasteiger partial charge in [-0.15, -0.1) is 0 Å². The van der Waals surface area contributed by atoms with Gasteiger partial charge in [-0.3, -0.25) is 9.55 Å². The number of oxazole rings is 1. The summed E-state index contributed by atoms with van der Waals surface area (Å²) in [5.74, 6) is 0.0939. The van der Waals surface area contributed by atoms with Crippen LogP contribution in [0.25, 0.3) is 22.6 Å². The first kappa shape index (κ1) is 17.3. The molecule has 0 aliphatic heterocycles. The Balaban J connectivity index is 1.53. The SMILES string of the molecule is Cn1c(=O)oc2ccc(S(=O)(=O)NCc3ccc(-c4ccco4)nc3)cc21. The van der Waals surface area contributed by atoms with Crippen molar-refractivity contribution in [1.82, 2.24) is 14.3 Å². The third kappa shape index (κ3) is 3.29. The zero-order chi connectivity index (χ0) is 19.0. The van der Waals surface area contributed by atoms with Crippen LogP contribution in [0.4, 0.5) is 0 Å². The summed E-state index contributed by atoms with van der Waals surface area (Å²) < 4.78 is 39.2. The van der Waals surface area contributed by atoms with E-state index < -0.39 is 15.8 Å². The van der Waals surface area contributed by atoms with Gasteiger partial charge in [0.25, 0.3) is 0 Å². The van der Waals surface area contributed by atoms with Crippen LogP contribution in [0, 0.1) is 0 Å². The summed E-state index contributed by atoms with van der Waals surface area (Å²) >= 11 is 0. The van der Waals surface area contributed by atoms with Gasteiger partial charge in [0.1, 0.15) is 5.69 Å². The molecule has 8 nitrogen and oxygen atoms in total. The number of benzene rings is 1. The lowest BCUT2D eigenvalue weighted by molar-refractivity contribution is 0.528. The number of sulfonamides is 1. The minimum atomic E-state index is -3.76. The van der Waals surface area contributed by atoms with Gasteiger partial charge in [0.05, 0.1) is 16.7 Å². The number of nitrogens with one attached hydrogen (secondary N) is 1. The first-order chi connectivity index (χ1) is 12.9. The van der Waals surface area contributed by atoms with Gasteiger partial charge in [-0.1, -0.05) is 6.07 Å². The van der Waals surface area contributed by atoms with Crippen LogP contribution in [0.2, 0.25) is 0 Å². The van der Waals surface area contributed by atoms with E-state index in [0.29, 0.717) is 28.1 Å². The number of hydrogen-bond acceptors (Lipinski definition) is 6. The van der Waals surface area contributed by atoms with Crippen molar-refractivity contribution < 1.29 is 17.3 Å². The normalized spacial score (nSPS) is 11.9. The molecule has 0 aliphatic carbocycles. The number of furan rings is 1. The Morgan fingerprint density at radius 2 is 2.04 bits per heavy atom. The van der Waals surface area contributed by atoms with Gasteiger partial charge >= 0.3 is 5.76 Å². The van der Waals surface area contributed by atoms with Crippen molar-refractivity contribution >= 4 is 21.1 Å². The first-order valence-electron chi connectivity index (χ1n) is 8.02. The molecule has 0 aliphatic rings. The molecule has 0 atom stereocenters. The van der Waals surface area contributed by atoms with Gasteiger partial charge in [0.2, 0.25) is 10.0 Å². The molecule has 9 heteroatoms. The molecule has 0 saturated carbocycles. The number of aromatic nitrogens is 2. The van der Waals surface area contributed by atoms with E-state index in [9.17, 15) is 13.2 Å². The molecule has 1 N–H and O–H groups in total. The second-order valence-corrected chi connectivity index (χ2v) is 7.68. The maximum absolute atomic E-state index is 12.6. The zero-order valence-corrected chi connectivity index (χ0v) is 15.1. The van der Waals surface area contributed by atoms with Gasteiger partial charge in [0.15, 0.2) is 11.3 Å². The molecule has 0 unspecified atom stereocenters. The number of rotatable bonds is 5. The molecule has 1 aromatic carbocycles. The summed E-state index contributed by atoms with van der Waals surface area (Å²) in [5, 5.41) is 0. The molecule has 4 aromatic rings. The number of aryl methyl sites for hydroxylation is 1. The Bertz CT molecular complexity index is 1250. The van der Waals surface area contributed by atoms with Crippen molar-refractivity contribution in [3.05, 3.63) is 71.0 Å². The van der Waals surface area contributed by atoms with Crippen molar-refractivity contribution in [1.29, 1.82) is 0 Å². The third-order valence-corrected chi connectivity index (χ3v) is 5.54. The zero-order valence-electron chi connectivity index (χ0n) is 14.2. The molecule has 0 spiro atoms. The summed E-state index contributed by atoms with van der Waals surface area (Å²) in [4.78, 5) is 15.9. The molecular formula is C18H15N3O5S. The van der Waals surface area contributed by atoms with Crippen LogP contribution < -0.4 is 10.5 Å². The highest BCUT2D eigenvalue weighted by Gasteiger charge is 2.17. The largest absolute Gasteiger partial charge is 0.463 e. The Kier molecular flexibility index (Phi) is 4.17. The highest BCUT2D eigenvalue weighted by atomic mass is 32.2. The van der Waals surface area contributed by atoms with Crippen LogP contribution in [0.5, 0.6) is 0 Å². The highest BCUT2D eigenvalue weighted by molar-refractivity contribution is 7.89. The number of pyridine rings is 1. The number of nitrogens with zero attached hydrogens (tertiary/aromatic N) is 2. The fourth-order valence-corrected chi connectivity index (χ4v) is 3.67. The predicted molar refractivity (Wildman–Crippen MR) is 97.4 cm³/mol. The van der Waals surface area contributed by atoms with Crippen LogP contribution >= 0.6 is 0 Å². The number of hydrogen-bond donors (Lipinski definition) is 1. The van der Waals surface area contributed by atoms with Crippen molar-refractivity contribution in [2.45, 2.75) is 11.4 Å². The lowest BCUT2D eigenvalue weighted by Crippen LogP contribution is -2.23. The predicted octanol–water partition coefficient (Wildman–Crippen LogP) is 2.26. The Labute approximate surface area is 154 Å². The first-order valence-corrected chi connectivity index (χ1v) is 9.50. The van der Waals surface area contributed by atoms with E-state index in [4.69, 9.17) is 8.83 Å². The molecule has 0 radical (unpaired) electrons. The van der Waals surface area contributed by atoms with Crippen LogP contribution in [0.1, 0.15) is 5.56 Å². The Hall–Kier alpha value is -3.17. The Morgan fingerprint density at radius 1 is 1.19 bits per heavy atom.